The van der Waals surface area contributed by atoms with Crippen LogP contribution in [0.25, 0.3) is 0 Å². The molecule has 0 aromatic heterocycles. The van der Waals surface area contributed by atoms with Crippen molar-refractivity contribution in [1.29, 1.82) is 0 Å². The number of rotatable bonds is 4. The normalized spacial score (nSPS) is 10.4. The van der Waals surface area contributed by atoms with Crippen molar-refractivity contribution in [3.05, 3.63) is 29.8 Å². The third-order valence-corrected chi connectivity index (χ3v) is 2.51. The van der Waals surface area contributed by atoms with Gasteiger partial charge in [-0.05, 0) is 6.07 Å². The number of hydrogen-bond donors (Lipinski definition) is 0. The highest BCUT2D eigenvalue weighted by Crippen LogP contribution is 2.22. The summed E-state index contributed by atoms with van der Waals surface area (Å²) >= 11 is 0.998. The zero-order valence-electron chi connectivity index (χ0n) is 6.74. The fourth-order valence-electron chi connectivity index (χ4n) is 0.862. The van der Waals surface area contributed by atoms with Gasteiger partial charge in [0.05, 0.1) is 5.75 Å². The molecule has 13 heavy (non-hydrogen) atoms. The second-order valence-corrected chi connectivity index (χ2v) is 3.42. The lowest BCUT2D eigenvalue weighted by atomic mass is 10.2. The van der Waals surface area contributed by atoms with Gasteiger partial charge in [0.1, 0.15) is 0 Å². The van der Waals surface area contributed by atoms with Crippen molar-refractivity contribution in [2.75, 3.05) is 5.75 Å². The Kier molecular flexibility index (Phi) is 3.89. The van der Waals surface area contributed by atoms with Crippen LogP contribution in [-0.4, -0.2) is 18.5 Å². The van der Waals surface area contributed by atoms with Gasteiger partial charge in [0.2, 0.25) is 6.43 Å². The summed E-state index contributed by atoms with van der Waals surface area (Å²) in [5.41, 5.74) is 0.466. The predicted octanol–water partition coefficient (Wildman–Crippen LogP) is 2.86. The van der Waals surface area contributed by atoms with Crippen molar-refractivity contribution in [1.82, 2.24) is 0 Å². The first-order valence-electron chi connectivity index (χ1n) is 3.69. The maximum absolute atomic E-state index is 11.8. The zero-order chi connectivity index (χ0) is 9.68. The van der Waals surface area contributed by atoms with Crippen LogP contribution in [0.3, 0.4) is 0 Å². The van der Waals surface area contributed by atoms with Crippen molar-refractivity contribution < 1.29 is 13.6 Å². The molecule has 0 atom stereocenters. The molecule has 4 heteroatoms. The third kappa shape index (κ3) is 3.14. The molecule has 0 aliphatic carbocycles. The van der Waals surface area contributed by atoms with Gasteiger partial charge in [-0.2, -0.15) is 0 Å². The van der Waals surface area contributed by atoms with Crippen LogP contribution in [0, 0.1) is 0 Å². The highest BCUT2D eigenvalue weighted by atomic mass is 32.2. The minimum absolute atomic E-state index is 0.273. The molecule has 0 fully saturated rings. The van der Waals surface area contributed by atoms with Crippen LogP contribution < -0.4 is 0 Å². The molecule has 0 bridgehead atoms. The molecule has 0 radical (unpaired) electrons. The Labute approximate surface area is 79.1 Å². The van der Waals surface area contributed by atoms with E-state index in [2.05, 4.69) is 0 Å². The molecular formula is C9H8F2OS. The van der Waals surface area contributed by atoms with E-state index in [9.17, 15) is 13.6 Å². The molecule has 70 valence electrons. The Balaban J connectivity index is 2.69. The van der Waals surface area contributed by atoms with Crippen LogP contribution in [0.1, 0.15) is 10.4 Å². The second kappa shape index (κ2) is 4.97. The van der Waals surface area contributed by atoms with Crippen molar-refractivity contribution in [3.63, 3.8) is 0 Å². The SMILES string of the molecule is O=Cc1ccccc1SCC(F)F. The standard InChI is InChI=1S/C9H8F2OS/c10-9(11)6-13-8-4-2-1-3-7(8)5-12/h1-5,9H,6H2. The maximum Gasteiger partial charge on any atom is 0.247 e. The second-order valence-electron chi connectivity index (χ2n) is 2.36. The van der Waals surface area contributed by atoms with Gasteiger partial charge in [-0.3, -0.25) is 4.79 Å². The summed E-state index contributed by atoms with van der Waals surface area (Å²) in [6, 6.07) is 6.70. The van der Waals surface area contributed by atoms with E-state index in [4.69, 9.17) is 0 Å². The molecule has 0 amide bonds. The summed E-state index contributed by atoms with van der Waals surface area (Å²) in [4.78, 5) is 11.1. The lowest BCUT2D eigenvalue weighted by Gasteiger charge is -2.02. The molecule has 1 rings (SSSR count). The Hall–Kier alpha value is -0.900. The van der Waals surface area contributed by atoms with Gasteiger partial charge in [-0.1, -0.05) is 18.2 Å². The quantitative estimate of drug-likeness (QED) is 0.551. The molecule has 0 saturated carbocycles. The highest BCUT2D eigenvalue weighted by molar-refractivity contribution is 7.99. The van der Waals surface area contributed by atoms with Crippen LogP contribution >= 0.6 is 11.8 Å². The van der Waals surface area contributed by atoms with Gasteiger partial charge in [0, 0.05) is 10.5 Å². The highest BCUT2D eigenvalue weighted by Gasteiger charge is 2.06. The molecule has 0 saturated heterocycles. The van der Waals surface area contributed by atoms with E-state index in [1.165, 1.54) is 0 Å². The Morgan fingerprint density at radius 2 is 2.08 bits per heavy atom. The summed E-state index contributed by atoms with van der Waals surface area (Å²) in [7, 11) is 0. The average molecular weight is 202 g/mol. The fraction of sp³-hybridized carbons (Fsp3) is 0.222. The van der Waals surface area contributed by atoms with E-state index < -0.39 is 6.43 Å². The topological polar surface area (TPSA) is 17.1 Å². The number of carbonyl (C=O) groups is 1. The van der Waals surface area contributed by atoms with Crippen LogP contribution in [0.4, 0.5) is 8.78 Å². The van der Waals surface area contributed by atoms with Crippen molar-refractivity contribution in [3.8, 4) is 0 Å². The molecule has 1 aromatic rings. The minimum Gasteiger partial charge on any atom is -0.298 e. The molecule has 0 aliphatic rings. The lowest BCUT2D eigenvalue weighted by molar-refractivity contribution is 0.112. The van der Waals surface area contributed by atoms with E-state index in [0.717, 1.165) is 11.8 Å². The smallest absolute Gasteiger partial charge is 0.247 e. The van der Waals surface area contributed by atoms with Crippen molar-refractivity contribution in [2.45, 2.75) is 11.3 Å². The molecule has 0 heterocycles. The number of hydrogen-bond acceptors (Lipinski definition) is 2. The van der Waals surface area contributed by atoms with Gasteiger partial charge < -0.3 is 0 Å². The first-order chi connectivity index (χ1) is 6.24. The Bertz CT molecular complexity index is 289. The number of benzene rings is 1. The molecule has 0 N–H and O–H groups in total. The minimum atomic E-state index is -2.34. The number of alkyl halides is 2. The predicted molar refractivity (Wildman–Crippen MR) is 48.6 cm³/mol. The van der Waals surface area contributed by atoms with E-state index in [1.807, 2.05) is 0 Å². The Morgan fingerprint density at radius 3 is 2.69 bits per heavy atom. The molecule has 0 unspecified atom stereocenters. The fourth-order valence-corrected chi connectivity index (χ4v) is 1.63. The number of halogens is 2. The number of thioether (sulfide) groups is 1. The van der Waals surface area contributed by atoms with E-state index in [0.29, 0.717) is 16.7 Å². The molecule has 1 aromatic carbocycles. The molecule has 0 spiro atoms. The summed E-state index contributed by atoms with van der Waals surface area (Å²) in [5, 5.41) is 0. The zero-order valence-corrected chi connectivity index (χ0v) is 7.56. The van der Waals surface area contributed by atoms with Crippen LogP contribution in [0.15, 0.2) is 29.2 Å². The molecular weight excluding hydrogens is 194 g/mol. The summed E-state index contributed by atoms with van der Waals surface area (Å²) < 4.78 is 23.7. The van der Waals surface area contributed by atoms with Gasteiger partial charge in [-0.25, -0.2) is 8.78 Å². The summed E-state index contributed by atoms with van der Waals surface area (Å²) in [6.45, 7) is 0. The monoisotopic (exact) mass is 202 g/mol. The lowest BCUT2D eigenvalue weighted by Crippen LogP contribution is -1.94. The third-order valence-electron chi connectivity index (χ3n) is 1.41. The van der Waals surface area contributed by atoms with Crippen LogP contribution in [0.2, 0.25) is 0 Å². The van der Waals surface area contributed by atoms with E-state index in [1.54, 1.807) is 24.3 Å². The first-order valence-corrected chi connectivity index (χ1v) is 4.67. The molecule has 1 nitrogen and oxygen atoms in total. The average Bonchev–Trinajstić information content (AvgIpc) is 2.15. The Morgan fingerprint density at radius 1 is 1.38 bits per heavy atom. The van der Waals surface area contributed by atoms with Crippen LogP contribution in [-0.2, 0) is 0 Å². The summed E-state index contributed by atoms with van der Waals surface area (Å²) in [5.74, 6) is -0.273. The van der Waals surface area contributed by atoms with Crippen molar-refractivity contribution >= 4 is 18.0 Å². The van der Waals surface area contributed by atoms with Crippen molar-refractivity contribution in [2.24, 2.45) is 0 Å². The van der Waals surface area contributed by atoms with E-state index in [-0.39, 0.29) is 5.75 Å². The first kappa shape index (κ1) is 10.2. The van der Waals surface area contributed by atoms with E-state index >= 15 is 0 Å². The molecule has 0 aliphatic heterocycles. The van der Waals surface area contributed by atoms with Gasteiger partial charge in [0.15, 0.2) is 6.29 Å². The van der Waals surface area contributed by atoms with Gasteiger partial charge in [-0.15, -0.1) is 11.8 Å². The van der Waals surface area contributed by atoms with Crippen LogP contribution in [0.5, 0.6) is 0 Å². The van der Waals surface area contributed by atoms with Gasteiger partial charge >= 0.3 is 0 Å². The summed E-state index contributed by atoms with van der Waals surface area (Å²) in [6.07, 6.45) is -1.67. The maximum atomic E-state index is 11.8. The largest absolute Gasteiger partial charge is 0.298 e. The number of aldehydes is 1. The number of carbonyl (C=O) groups excluding carboxylic acids is 1. The van der Waals surface area contributed by atoms with Gasteiger partial charge in [0.25, 0.3) is 0 Å².